The van der Waals surface area contributed by atoms with Crippen LogP contribution in [-0.4, -0.2) is 50.7 Å². The van der Waals surface area contributed by atoms with Crippen molar-refractivity contribution in [1.29, 1.82) is 0 Å². The van der Waals surface area contributed by atoms with Crippen LogP contribution in [0, 0.1) is 0 Å². The lowest BCUT2D eigenvalue weighted by Crippen LogP contribution is -2.46. The minimum Gasteiger partial charge on any atom is -0.508 e. The number of aromatic nitrogens is 1. The zero-order chi connectivity index (χ0) is 20.1. The first-order valence-corrected chi connectivity index (χ1v) is 11.1. The van der Waals surface area contributed by atoms with E-state index in [1.165, 1.54) is 6.20 Å². The molecule has 152 valence electrons. The molecule has 0 amide bonds. The molecule has 1 atom stereocenters. The molecule has 0 saturated carbocycles. The molecule has 1 unspecified atom stereocenters. The number of piperazine rings is 1. The zero-order valence-electron chi connectivity index (χ0n) is 16.4. The number of nitrogens with zero attached hydrogens (tertiary/aromatic N) is 3. The summed E-state index contributed by atoms with van der Waals surface area (Å²) in [4.78, 5) is 8.99. The second kappa shape index (κ2) is 8.79. The van der Waals surface area contributed by atoms with E-state index in [-0.39, 0.29) is 16.7 Å². The Morgan fingerprint density at radius 2 is 1.71 bits per heavy atom. The average Bonchev–Trinajstić information content (AvgIpc) is 2.69. The highest BCUT2D eigenvalue weighted by Crippen LogP contribution is 2.22. The van der Waals surface area contributed by atoms with Crippen LogP contribution in [0.5, 0.6) is 5.75 Å². The molecule has 0 radical (unpaired) electrons. The lowest BCUT2D eigenvalue weighted by Gasteiger charge is -2.36. The number of phenolic OH excluding ortho intramolecular Hbond substituents is 1. The Morgan fingerprint density at radius 1 is 1.07 bits per heavy atom. The molecule has 1 fully saturated rings. The Bertz CT molecular complexity index is 861. The molecule has 7 nitrogen and oxygen atoms in total. The predicted molar refractivity (Wildman–Crippen MR) is 111 cm³/mol. The Kier molecular flexibility index (Phi) is 6.41. The molecule has 28 heavy (non-hydrogen) atoms. The van der Waals surface area contributed by atoms with Gasteiger partial charge in [0.05, 0.1) is 0 Å². The molecule has 1 aliphatic heterocycles. The molecule has 3 rings (SSSR count). The lowest BCUT2D eigenvalue weighted by molar-refractivity contribution is 0.475. The zero-order valence-corrected chi connectivity index (χ0v) is 17.2. The van der Waals surface area contributed by atoms with Gasteiger partial charge in [0.15, 0.2) is 0 Å². The third kappa shape index (κ3) is 4.94. The van der Waals surface area contributed by atoms with E-state index in [1.54, 1.807) is 24.3 Å². The normalized spacial score (nSPS) is 16.2. The third-order valence-corrected chi connectivity index (χ3v) is 6.50. The van der Waals surface area contributed by atoms with Gasteiger partial charge in [0.2, 0.25) is 10.0 Å². The van der Waals surface area contributed by atoms with Crippen molar-refractivity contribution in [3.8, 4) is 5.75 Å². The fourth-order valence-electron chi connectivity index (χ4n) is 3.40. The van der Waals surface area contributed by atoms with Gasteiger partial charge in [-0.3, -0.25) is 0 Å². The summed E-state index contributed by atoms with van der Waals surface area (Å²) in [6.45, 7) is 7.17. The molecule has 0 spiro atoms. The van der Waals surface area contributed by atoms with Crippen LogP contribution in [0.2, 0.25) is 0 Å². The summed E-state index contributed by atoms with van der Waals surface area (Å²) >= 11 is 0. The van der Waals surface area contributed by atoms with Crippen LogP contribution >= 0.6 is 0 Å². The monoisotopic (exact) mass is 404 g/mol. The number of rotatable bonds is 7. The molecule has 1 saturated heterocycles. The topological polar surface area (TPSA) is 85.8 Å². The highest BCUT2D eigenvalue weighted by Gasteiger charge is 2.21. The largest absolute Gasteiger partial charge is 0.508 e. The van der Waals surface area contributed by atoms with Crippen molar-refractivity contribution in [1.82, 2.24) is 9.71 Å². The molecular weight excluding hydrogens is 376 g/mol. The standard InChI is InChI=1S/C20H28N4O3S/c1-3-4-16(2)22-28(26,27)19-9-10-20(21-15-19)24-13-11-23(12-14-24)17-5-7-18(25)8-6-17/h5-10,15-16,22,25H,3-4,11-14H2,1-2H3. The van der Waals surface area contributed by atoms with Crippen molar-refractivity contribution in [3.63, 3.8) is 0 Å². The van der Waals surface area contributed by atoms with Gasteiger partial charge in [-0.15, -0.1) is 0 Å². The van der Waals surface area contributed by atoms with Crippen LogP contribution in [-0.2, 0) is 10.0 Å². The molecular formula is C20H28N4O3S. The second-order valence-corrected chi connectivity index (χ2v) is 8.87. The average molecular weight is 405 g/mol. The number of aromatic hydroxyl groups is 1. The van der Waals surface area contributed by atoms with E-state index >= 15 is 0 Å². The van der Waals surface area contributed by atoms with Gasteiger partial charge in [0.25, 0.3) is 0 Å². The summed E-state index contributed by atoms with van der Waals surface area (Å²) < 4.78 is 27.6. The van der Waals surface area contributed by atoms with Crippen molar-refractivity contribution in [3.05, 3.63) is 42.6 Å². The summed E-state index contributed by atoms with van der Waals surface area (Å²) in [5.41, 5.74) is 1.08. The molecule has 1 aliphatic rings. The van der Waals surface area contributed by atoms with E-state index in [9.17, 15) is 13.5 Å². The maximum absolute atomic E-state index is 12.4. The summed E-state index contributed by atoms with van der Waals surface area (Å²) in [5, 5.41) is 9.42. The van der Waals surface area contributed by atoms with Crippen LogP contribution in [0.3, 0.4) is 0 Å². The van der Waals surface area contributed by atoms with Gasteiger partial charge in [-0.05, 0) is 49.7 Å². The minimum atomic E-state index is -3.54. The number of phenols is 1. The molecule has 0 bridgehead atoms. The second-order valence-electron chi connectivity index (χ2n) is 7.15. The van der Waals surface area contributed by atoms with Crippen molar-refractivity contribution in [2.75, 3.05) is 36.0 Å². The smallest absolute Gasteiger partial charge is 0.242 e. The lowest BCUT2D eigenvalue weighted by atomic mass is 10.2. The van der Waals surface area contributed by atoms with E-state index in [0.717, 1.165) is 50.5 Å². The van der Waals surface area contributed by atoms with Gasteiger partial charge in [-0.2, -0.15) is 0 Å². The van der Waals surface area contributed by atoms with Crippen LogP contribution in [0.1, 0.15) is 26.7 Å². The molecule has 1 aromatic heterocycles. The fourth-order valence-corrected chi connectivity index (χ4v) is 4.62. The maximum Gasteiger partial charge on any atom is 0.242 e. The van der Waals surface area contributed by atoms with Crippen LogP contribution in [0.25, 0.3) is 0 Å². The summed E-state index contributed by atoms with van der Waals surface area (Å²) in [6.07, 6.45) is 3.16. The Morgan fingerprint density at radius 3 is 2.29 bits per heavy atom. The summed E-state index contributed by atoms with van der Waals surface area (Å²) in [5.74, 6) is 1.05. The molecule has 2 N–H and O–H groups in total. The van der Waals surface area contributed by atoms with E-state index in [0.29, 0.717) is 0 Å². The highest BCUT2D eigenvalue weighted by atomic mass is 32.2. The maximum atomic E-state index is 12.4. The SMILES string of the molecule is CCCC(C)NS(=O)(=O)c1ccc(N2CCN(c3ccc(O)cc3)CC2)nc1. The van der Waals surface area contributed by atoms with Crippen molar-refractivity contribution < 1.29 is 13.5 Å². The highest BCUT2D eigenvalue weighted by molar-refractivity contribution is 7.89. The Balaban J connectivity index is 1.61. The number of sulfonamides is 1. The molecule has 2 heterocycles. The Hall–Kier alpha value is -2.32. The number of hydrogen-bond donors (Lipinski definition) is 2. The van der Waals surface area contributed by atoms with Crippen molar-refractivity contribution in [2.45, 2.75) is 37.6 Å². The van der Waals surface area contributed by atoms with Gasteiger partial charge in [-0.1, -0.05) is 13.3 Å². The number of pyridine rings is 1. The molecule has 2 aromatic rings. The fraction of sp³-hybridized carbons (Fsp3) is 0.450. The Labute approximate surface area is 167 Å². The summed E-state index contributed by atoms with van der Waals surface area (Å²) in [7, 11) is -3.54. The number of hydrogen-bond acceptors (Lipinski definition) is 6. The van der Waals surface area contributed by atoms with Gasteiger partial charge >= 0.3 is 0 Å². The third-order valence-electron chi connectivity index (χ3n) is 4.93. The first-order chi connectivity index (χ1) is 13.4. The molecule has 1 aromatic carbocycles. The van der Waals surface area contributed by atoms with Gasteiger partial charge in [-0.25, -0.2) is 18.1 Å². The predicted octanol–water partition coefficient (Wildman–Crippen LogP) is 2.58. The number of benzene rings is 1. The van der Waals surface area contributed by atoms with E-state index in [4.69, 9.17) is 0 Å². The van der Waals surface area contributed by atoms with Crippen molar-refractivity contribution >= 4 is 21.5 Å². The van der Waals surface area contributed by atoms with E-state index in [1.807, 2.05) is 26.0 Å². The molecule has 0 aliphatic carbocycles. The summed E-state index contributed by atoms with van der Waals surface area (Å²) in [6, 6.07) is 10.5. The minimum absolute atomic E-state index is 0.0948. The number of nitrogens with one attached hydrogen (secondary N) is 1. The van der Waals surface area contributed by atoms with Crippen LogP contribution < -0.4 is 14.5 Å². The van der Waals surface area contributed by atoms with Gasteiger partial charge < -0.3 is 14.9 Å². The first-order valence-electron chi connectivity index (χ1n) is 9.66. The quantitative estimate of drug-likeness (QED) is 0.738. The molecule has 8 heteroatoms. The van der Waals surface area contributed by atoms with Crippen LogP contribution in [0.4, 0.5) is 11.5 Å². The van der Waals surface area contributed by atoms with E-state index < -0.39 is 10.0 Å². The van der Waals surface area contributed by atoms with Gasteiger partial charge in [0, 0.05) is 44.1 Å². The number of anilines is 2. The van der Waals surface area contributed by atoms with E-state index in [2.05, 4.69) is 19.5 Å². The van der Waals surface area contributed by atoms with Crippen molar-refractivity contribution in [2.24, 2.45) is 0 Å². The van der Waals surface area contributed by atoms with Gasteiger partial charge in [0.1, 0.15) is 16.5 Å². The first kappa shape index (κ1) is 20.4. The van der Waals surface area contributed by atoms with Crippen LogP contribution in [0.15, 0.2) is 47.5 Å².